The van der Waals surface area contributed by atoms with Crippen molar-refractivity contribution < 1.29 is 23.8 Å². The Hall–Kier alpha value is -1.41. The number of carbonyl (C=O) groups is 1. The number of alkyl carbamates (subject to hydrolysis) is 1. The van der Waals surface area contributed by atoms with Crippen molar-refractivity contribution in [1.29, 1.82) is 0 Å². The zero-order valence-corrected chi connectivity index (χ0v) is 20.5. The SMILES string of the molecule is CC(C)CC(NC(=O)OCc1ccccc1)[C@H](O)[C@@]1(CO[Si](C)(C)C(C)(C)C)CO1. The van der Waals surface area contributed by atoms with E-state index in [2.05, 4.69) is 53.0 Å². The molecule has 3 atom stereocenters. The first-order valence-corrected chi connectivity index (χ1v) is 13.7. The lowest BCUT2D eigenvalue weighted by atomic mass is 9.91. The number of hydrogen-bond acceptors (Lipinski definition) is 5. The standard InChI is InChI=1S/C23H39NO5Si/c1-17(2)13-19(24-21(26)27-14-18-11-9-8-10-12-18)20(25)23(15-28-23)16-29-30(6,7)22(3,4)5/h8-12,17,19-20,25H,13-16H2,1-7H3,(H,24,26)/t19?,20-,23-/m0/s1. The van der Waals surface area contributed by atoms with Crippen molar-refractivity contribution in [3.63, 3.8) is 0 Å². The highest BCUT2D eigenvalue weighted by Crippen LogP contribution is 2.40. The number of benzene rings is 1. The van der Waals surface area contributed by atoms with Crippen LogP contribution < -0.4 is 5.32 Å². The van der Waals surface area contributed by atoms with Crippen LogP contribution in [0.5, 0.6) is 0 Å². The van der Waals surface area contributed by atoms with Crippen molar-refractivity contribution in [3.8, 4) is 0 Å². The molecule has 0 aliphatic carbocycles. The minimum absolute atomic E-state index is 0.0743. The second kappa shape index (κ2) is 9.81. The van der Waals surface area contributed by atoms with Crippen molar-refractivity contribution in [3.05, 3.63) is 35.9 Å². The highest BCUT2D eigenvalue weighted by atomic mass is 28.4. The lowest BCUT2D eigenvalue weighted by Gasteiger charge is -2.38. The van der Waals surface area contributed by atoms with Crippen LogP contribution >= 0.6 is 0 Å². The van der Waals surface area contributed by atoms with Gasteiger partial charge in [-0.25, -0.2) is 4.79 Å². The van der Waals surface area contributed by atoms with Gasteiger partial charge in [0.1, 0.15) is 18.3 Å². The zero-order chi connectivity index (χ0) is 22.6. The Balaban J connectivity index is 1.98. The number of hydrogen-bond donors (Lipinski definition) is 2. The number of aliphatic hydroxyl groups is 1. The quantitative estimate of drug-likeness (QED) is 0.417. The summed E-state index contributed by atoms with van der Waals surface area (Å²) in [5.41, 5.74) is 0.153. The van der Waals surface area contributed by atoms with Crippen LogP contribution in [0.4, 0.5) is 4.79 Å². The predicted octanol–water partition coefficient (Wildman–Crippen LogP) is 4.48. The first-order chi connectivity index (χ1) is 13.9. The van der Waals surface area contributed by atoms with Crippen LogP contribution in [0.2, 0.25) is 18.1 Å². The van der Waals surface area contributed by atoms with E-state index in [4.69, 9.17) is 13.9 Å². The fraction of sp³-hybridized carbons (Fsp3) is 0.696. The van der Waals surface area contributed by atoms with Gasteiger partial charge in [0.25, 0.3) is 0 Å². The lowest BCUT2D eigenvalue weighted by molar-refractivity contribution is 0.00921. The number of amides is 1. The van der Waals surface area contributed by atoms with Crippen LogP contribution in [0.25, 0.3) is 0 Å². The average Bonchev–Trinajstić information content (AvgIpc) is 3.44. The summed E-state index contributed by atoms with van der Waals surface area (Å²) in [6.45, 7) is 16.0. The minimum Gasteiger partial charge on any atom is -0.445 e. The van der Waals surface area contributed by atoms with Gasteiger partial charge in [-0.05, 0) is 36.0 Å². The molecule has 0 radical (unpaired) electrons. The second-order valence-corrected chi connectivity index (χ2v) is 15.1. The zero-order valence-electron chi connectivity index (χ0n) is 19.5. The highest BCUT2D eigenvalue weighted by molar-refractivity contribution is 6.74. The van der Waals surface area contributed by atoms with E-state index >= 15 is 0 Å². The number of aliphatic hydroxyl groups excluding tert-OH is 1. The van der Waals surface area contributed by atoms with E-state index in [1.165, 1.54) is 0 Å². The number of nitrogens with one attached hydrogen (secondary N) is 1. The van der Waals surface area contributed by atoms with E-state index < -0.39 is 32.2 Å². The van der Waals surface area contributed by atoms with Crippen molar-refractivity contribution in [1.82, 2.24) is 5.32 Å². The van der Waals surface area contributed by atoms with Gasteiger partial charge in [0.05, 0.1) is 19.3 Å². The molecule has 0 saturated carbocycles. The van der Waals surface area contributed by atoms with E-state index in [1.807, 2.05) is 30.3 Å². The van der Waals surface area contributed by atoms with Crippen LogP contribution in [0.3, 0.4) is 0 Å². The van der Waals surface area contributed by atoms with Gasteiger partial charge in [0, 0.05) is 0 Å². The molecule has 2 N–H and O–H groups in total. The summed E-state index contributed by atoms with van der Waals surface area (Å²) >= 11 is 0. The molecule has 6 nitrogen and oxygen atoms in total. The third-order valence-corrected chi connectivity index (χ3v) is 10.6. The summed E-state index contributed by atoms with van der Waals surface area (Å²) in [6, 6.07) is 9.05. The summed E-state index contributed by atoms with van der Waals surface area (Å²) in [7, 11) is -1.97. The number of carbonyl (C=O) groups excluding carboxylic acids is 1. The molecule has 0 bridgehead atoms. The fourth-order valence-electron chi connectivity index (χ4n) is 3.01. The van der Waals surface area contributed by atoms with Crippen LogP contribution in [-0.2, 0) is 20.5 Å². The lowest BCUT2D eigenvalue weighted by Crippen LogP contribution is -2.54. The van der Waals surface area contributed by atoms with Gasteiger partial charge < -0.3 is 24.3 Å². The van der Waals surface area contributed by atoms with Crippen molar-refractivity contribution in [2.75, 3.05) is 13.2 Å². The maximum Gasteiger partial charge on any atom is 0.407 e. The highest BCUT2D eigenvalue weighted by Gasteiger charge is 2.56. The summed E-state index contributed by atoms with van der Waals surface area (Å²) in [4.78, 5) is 12.4. The van der Waals surface area contributed by atoms with Gasteiger partial charge in [-0.2, -0.15) is 0 Å². The third-order valence-electron chi connectivity index (χ3n) is 6.16. The largest absolute Gasteiger partial charge is 0.445 e. The molecule has 30 heavy (non-hydrogen) atoms. The van der Waals surface area contributed by atoms with Crippen molar-refractivity contribution in [2.24, 2.45) is 5.92 Å². The van der Waals surface area contributed by atoms with Gasteiger partial charge in [-0.3, -0.25) is 0 Å². The predicted molar refractivity (Wildman–Crippen MR) is 121 cm³/mol. The Morgan fingerprint density at radius 1 is 1.27 bits per heavy atom. The molecule has 2 rings (SSSR count). The first kappa shape index (κ1) is 24.9. The second-order valence-electron chi connectivity index (χ2n) is 10.3. The van der Waals surface area contributed by atoms with Crippen LogP contribution in [0.1, 0.15) is 46.6 Å². The monoisotopic (exact) mass is 437 g/mol. The van der Waals surface area contributed by atoms with E-state index in [0.717, 1.165) is 5.56 Å². The van der Waals surface area contributed by atoms with Gasteiger partial charge in [0.15, 0.2) is 8.32 Å². The number of rotatable bonds is 10. The maximum atomic E-state index is 12.4. The summed E-state index contributed by atoms with van der Waals surface area (Å²) in [5, 5.41) is 14.1. The van der Waals surface area contributed by atoms with Crippen LogP contribution in [-0.4, -0.2) is 50.5 Å². The molecule has 1 unspecified atom stereocenters. The molecule has 1 fully saturated rings. The Kier molecular flexibility index (Phi) is 8.13. The van der Waals surface area contributed by atoms with Gasteiger partial charge in [0.2, 0.25) is 0 Å². The van der Waals surface area contributed by atoms with Crippen molar-refractivity contribution in [2.45, 2.75) is 83.5 Å². The summed E-state index contributed by atoms with van der Waals surface area (Å²) in [6.07, 6.45) is -0.786. The molecule has 170 valence electrons. The molecule has 1 aromatic rings. The smallest absolute Gasteiger partial charge is 0.407 e. The molecule has 7 heteroatoms. The van der Waals surface area contributed by atoms with E-state index in [9.17, 15) is 9.90 Å². The van der Waals surface area contributed by atoms with E-state index in [-0.39, 0.29) is 17.6 Å². The third kappa shape index (κ3) is 6.80. The summed E-state index contributed by atoms with van der Waals surface area (Å²) < 4.78 is 17.4. The molecule has 0 spiro atoms. The van der Waals surface area contributed by atoms with Gasteiger partial charge >= 0.3 is 6.09 Å². The van der Waals surface area contributed by atoms with Gasteiger partial charge in [-0.15, -0.1) is 0 Å². The Labute approximate surface area is 182 Å². The minimum atomic E-state index is -1.97. The van der Waals surface area contributed by atoms with E-state index in [1.54, 1.807) is 0 Å². The molecule has 1 amide bonds. The van der Waals surface area contributed by atoms with Gasteiger partial charge in [-0.1, -0.05) is 65.0 Å². The van der Waals surface area contributed by atoms with Crippen molar-refractivity contribution >= 4 is 14.4 Å². The molecular formula is C23H39NO5Si. The number of ether oxygens (including phenoxy) is 2. The van der Waals surface area contributed by atoms with Crippen LogP contribution in [0, 0.1) is 5.92 Å². The normalized spacial score (nSPS) is 21.2. The average molecular weight is 438 g/mol. The summed E-state index contributed by atoms with van der Waals surface area (Å²) in [5.74, 6) is 0.288. The Bertz CT molecular complexity index is 683. The molecule has 1 aliphatic heterocycles. The van der Waals surface area contributed by atoms with Crippen LogP contribution in [0.15, 0.2) is 30.3 Å². The molecule has 1 heterocycles. The maximum absolute atomic E-state index is 12.4. The Morgan fingerprint density at radius 3 is 2.37 bits per heavy atom. The Morgan fingerprint density at radius 2 is 1.87 bits per heavy atom. The molecule has 1 aliphatic rings. The molecule has 0 aromatic heterocycles. The molecule has 1 aromatic carbocycles. The molecule has 1 saturated heterocycles. The molecular weight excluding hydrogens is 398 g/mol. The van der Waals surface area contributed by atoms with E-state index in [0.29, 0.717) is 19.6 Å². The first-order valence-electron chi connectivity index (χ1n) is 10.8. The topological polar surface area (TPSA) is 80.3 Å². The fourth-order valence-corrected chi connectivity index (χ4v) is 4.05. The number of epoxide rings is 1.